The largest absolute Gasteiger partial charge is 0.507 e. The smallest absolute Gasteiger partial charge is 0.358 e. The summed E-state index contributed by atoms with van der Waals surface area (Å²) < 4.78 is 18.9. The first-order valence-electron chi connectivity index (χ1n) is 10.5. The fourth-order valence-corrected chi connectivity index (χ4v) is 3.12. The third kappa shape index (κ3) is 6.59. The predicted octanol–water partition coefficient (Wildman–Crippen LogP) is 5.16. The summed E-state index contributed by atoms with van der Waals surface area (Å²) in [5.41, 5.74) is 2.45. The van der Waals surface area contributed by atoms with Crippen molar-refractivity contribution in [2.45, 2.75) is 19.8 Å². The number of aliphatic carboxylic acids is 1. The van der Waals surface area contributed by atoms with Gasteiger partial charge >= 0.3 is 11.9 Å². The second-order valence-electron chi connectivity index (χ2n) is 7.18. The first-order valence-corrected chi connectivity index (χ1v) is 10.5. The quantitative estimate of drug-likeness (QED) is 0.242. The molecule has 0 aliphatic carbocycles. The molecular weight excluding hydrogens is 443 g/mol. The fraction of sp³-hybridized carbons (Fsp3) is 0.154. The van der Waals surface area contributed by atoms with E-state index in [9.17, 15) is 19.1 Å². The second kappa shape index (κ2) is 11.5. The highest BCUT2D eigenvalue weighted by atomic mass is 19.1. The van der Waals surface area contributed by atoms with Gasteiger partial charge in [0.05, 0.1) is 13.0 Å². The van der Waals surface area contributed by atoms with E-state index in [4.69, 9.17) is 19.6 Å². The van der Waals surface area contributed by atoms with Crippen LogP contribution >= 0.6 is 0 Å². The van der Waals surface area contributed by atoms with Gasteiger partial charge in [-0.25, -0.2) is 14.0 Å². The second-order valence-corrected chi connectivity index (χ2v) is 7.18. The van der Waals surface area contributed by atoms with Gasteiger partial charge < -0.3 is 14.9 Å². The van der Waals surface area contributed by atoms with Crippen molar-refractivity contribution < 1.29 is 38.7 Å². The molecule has 3 rings (SSSR count). The van der Waals surface area contributed by atoms with Crippen LogP contribution in [0.2, 0.25) is 0 Å². The zero-order valence-electron chi connectivity index (χ0n) is 18.4. The zero-order chi connectivity index (χ0) is 24.5. The lowest BCUT2D eigenvalue weighted by molar-refractivity contribution is -0.214. The summed E-state index contributed by atoms with van der Waals surface area (Å²) in [5, 5.41) is 19.2. The van der Waals surface area contributed by atoms with Gasteiger partial charge in [-0.2, -0.15) is 0 Å². The van der Waals surface area contributed by atoms with E-state index >= 15 is 0 Å². The molecule has 0 aliphatic heterocycles. The molecule has 0 spiro atoms. The number of aryl methyl sites for hydroxylation is 1. The van der Waals surface area contributed by atoms with Crippen LogP contribution in [0.3, 0.4) is 0 Å². The van der Waals surface area contributed by atoms with Crippen LogP contribution in [0.1, 0.15) is 24.5 Å². The molecule has 0 saturated heterocycles. The van der Waals surface area contributed by atoms with Crippen LogP contribution in [0.25, 0.3) is 17.2 Å². The van der Waals surface area contributed by atoms with Crippen molar-refractivity contribution in [2.75, 3.05) is 6.61 Å². The molecule has 2 N–H and O–H groups in total. The molecule has 0 fully saturated rings. The highest BCUT2D eigenvalue weighted by Crippen LogP contribution is 2.36. The molecule has 0 radical (unpaired) electrons. The van der Waals surface area contributed by atoms with E-state index in [-0.39, 0.29) is 30.3 Å². The summed E-state index contributed by atoms with van der Waals surface area (Å²) in [5.74, 6) is -1.60. The van der Waals surface area contributed by atoms with Gasteiger partial charge in [0.15, 0.2) is 5.75 Å². The molecule has 8 heteroatoms. The van der Waals surface area contributed by atoms with Gasteiger partial charge in [-0.1, -0.05) is 37.3 Å². The lowest BCUT2D eigenvalue weighted by atomic mass is 10.00. The van der Waals surface area contributed by atoms with Crippen LogP contribution < -0.4 is 9.62 Å². The lowest BCUT2D eigenvalue weighted by Gasteiger charge is -2.14. The molecule has 0 amide bonds. The van der Waals surface area contributed by atoms with E-state index < -0.39 is 11.9 Å². The summed E-state index contributed by atoms with van der Waals surface area (Å²) in [6.45, 7) is 1.90. The Hall–Kier alpha value is -4.33. The van der Waals surface area contributed by atoms with Gasteiger partial charge in [0, 0.05) is 23.3 Å². The summed E-state index contributed by atoms with van der Waals surface area (Å²) in [6, 6.07) is 15.5. The third-order valence-electron chi connectivity index (χ3n) is 4.83. The molecule has 0 aliphatic rings. The van der Waals surface area contributed by atoms with Crippen LogP contribution in [0.15, 0.2) is 66.7 Å². The molecule has 0 unspecified atom stereocenters. The minimum atomic E-state index is -1.12. The van der Waals surface area contributed by atoms with Crippen molar-refractivity contribution in [1.82, 2.24) is 0 Å². The molecule has 0 aromatic heterocycles. The Morgan fingerprint density at radius 2 is 1.76 bits per heavy atom. The molecule has 0 saturated carbocycles. The van der Waals surface area contributed by atoms with E-state index in [1.807, 2.05) is 6.92 Å². The molecule has 0 bridgehead atoms. The molecule has 3 aromatic carbocycles. The normalized spacial score (nSPS) is 10.8. The molecule has 0 heterocycles. The van der Waals surface area contributed by atoms with Crippen molar-refractivity contribution in [3.05, 3.63) is 83.7 Å². The van der Waals surface area contributed by atoms with Gasteiger partial charge in [0.2, 0.25) is 0 Å². The minimum Gasteiger partial charge on any atom is -0.507 e. The first kappa shape index (κ1) is 24.3. The van der Waals surface area contributed by atoms with Gasteiger partial charge in [-0.05, 0) is 47.9 Å². The Bertz CT molecular complexity index is 1190. The summed E-state index contributed by atoms with van der Waals surface area (Å²) >= 11 is 0. The van der Waals surface area contributed by atoms with Crippen molar-refractivity contribution in [3.8, 4) is 28.4 Å². The van der Waals surface area contributed by atoms with E-state index in [1.54, 1.807) is 36.4 Å². The van der Waals surface area contributed by atoms with Gasteiger partial charge in [-0.15, -0.1) is 0 Å². The van der Waals surface area contributed by atoms with Gasteiger partial charge in [-0.3, -0.25) is 9.78 Å². The minimum absolute atomic E-state index is 0.0227. The van der Waals surface area contributed by atoms with E-state index in [1.165, 1.54) is 30.3 Å². The van der Waals surface area contributed by atoms with Crippen LogP contribution in [-0.2, 0) is 20.9 Å². The Morgan fingerprint density at radius 3 is 2.47 bits per heavy atom. The SMILES string of the molecule is CCc1cc(-c2ccc(F)cc2)c(O)cc1OCCC(=O)OOc1ccccc1/C=C/C(=O)O. The topological polar surface area (TPSA) is 102 Å². The number of para-hydroxylation sites is 1. The summed E-state index contributed by atoms with van der Waals surface area (Å²) in [6.07, 6.45) is 2.75. The van der Waals surface area contributed by atoms with Crippen LogP contribution in [0.4, 0.5) is 4.39 Å². The Morgan fingerprint density at radius 1 is 1.03 bits per heavy atom. The number of aromatic hydroxyl groups is 1. The van der Waals surface area contributed by atoms with Crippen molar-refractivity contribution >= 4 is 18.0 Å². The molecule has 176 valence electrons. The molecule has 0 atom stereocenters. The zero-order valence-corrected chi connectivity index (χ0v) is 18.4. The first-order chi connectivity index (χ1) is 16.4. The van der Waals surface area contributed by atoms with Crippen LogP contribution in [-0.4, -0.2) is 28.8 Å². The van der Waals surface area contributed by atoms with Crippen LogP contribution in [0, 0.1) is 5.82 Å². The number of hydrogen-bond donors (Lipinski definition) is 2. The fourth-order valence-electron chi connectivity index (χ4n) is 3.12. The maximum absolute atomic E-state index is 13.2. The van der Waals surface area contributed by atoms with Crippen LogP contribution in [0.5, 0.6) is 17.2 Å². The number of carboxylic acid groups (broad SMARTS) is 1. The summed E-state index contributed by atoms with van der Waals surface area (Å²) in [4.78, 5) is 32.6. The highest BCUT2D eigenvalue weighted by molar-refractivity contribution is 5.85. The average molecular weight is 466 g/mol. The Balaban J connectivity index is 1.58. The van der Waals surface area contributed by atoms with E-state index in [0.717, 1.165) is 11.6 Å². The number of phenolic OH excluding ortho intramolecular Hbond substituents is 1. The van der Waals surface area contributed by atoms with Crippen molar-refractivity contribution in [2.24, 2.45) is 0 Å². The lowest BCUT2D eigenvalue weighted by Crippen LogP contribution is -2.13. The number of carbonyl (C=O) groups is 2. The predicted molar refractivity (Wildman–Crippen MR) is 123 cm³/mol. The number of phenols is 1. The number of halogens is 1. The van der Waals surface area contributed by atoms with E-state index in [2.05, 4.69) is 0 Å². The average Bonchev–Trinajstić information content (AvgIpc) is 2.82. The van der Waals surface area contributed by atoms with Crippen molar-refractivity contribution in [3.63, 3.8) is 0 Å². The number of ether oxygens (including phenoxy) is 1. The number of carbonyl (C=O) groups excluding carboxylic acids is 1. The highest BCUT2D eigenvalue weighted by Gasteiger charge is 2.13. The van der Waals surface area contributed by atoms with E-state index in [0.29, 0.717) is 28.9 Å². The van der Waals surface area contributed by atoms with Crippen molar-refractivity contribution in [1.29, 1.82) is 0 Å². The number of rotatable bonds is 10. The van der Waals surface area contributed by atoms with Gasteiger partial charge in [0.25, 0.3) is 0 Å². The number of hydrogen-bond acceptors (Lipinski definition) is 6. The van der Waals surface area contributed by atoms with Gasteiger partial charge in [0.1, 0.15) is 17.3 Å². The molecule has 7 nitrogen and oxygen atoms in total. The maximum Gasteiger partial charge on any atom is 0.358 e. The Labute approximate surface area is 195 Å². The third-order valence-corrected chi connectivity index (χ3v) is 4.83. The standard InChI is InChI=1S/C26H23FO7/c1-2-17-15-21(18-7-10-20(27)11-8-18)22(28)16-24(17)32-14-13-26(31)34-33-23-6-4-3-5-19(23)9-12-25(29)30/h3-12,15-16,28H,2,13-14H2,1H3,(H,29,30)/b12-9+. The molecular formula is C26H23FO7. The molecule has 34 heavy (non-hydrogen) atoms. The molecule has 3 aromatic rings. The number of benzene rings is 3. The maximum atomic E-state index is 13.2. The summed E-state index contributed by atoms with van der Waals surface area (Å²) in [7, 11) is 0. The Kier molecular flexibility index (Phi) is 8.23. The number of carboxylic acids is 1. The monoisotopic (exact) mass is 466 g/mol.